The fourth-order valence-electron chi connectivity index (χ4n) is 1.91. The summed E-state index contributed by atoms with van der Waals surface area (Å²) in [5.74, 6) is 0. The van der Waals surface area contributed by atoms with Crippen LogP contribution in [0.1, 0.15) is 5.56 Å². The normalized spacial score (nSPS) is 10.8. The minimum Gasteiger partial charge on any atom is -0.394 e. The van der Waals surface area contributed by atoms with Gasteiger partial charge in [0.05, 0.1) is 31.4 Å². The predicted molar refractivity (Wildman–Crippen MR) is 84.5 cm³/mol. The zero-order chi connectivity index (χ0) is 15.9. The van der Waals surface area contributed by atoms with E-state index in [0.29, 0.717) is 17.1 Å². The van der Waals surface area contributed by atoms with Crippen LogP contribution in [0, 0.1) is 6.92 Å². The first-order valence-corrected chi connectivity index (χ1v) is 7.70. The summed E-state index contributed by atoms with van der Waals surface area (Å²) in [5.41, 5.74) is -0.340. The number of hydrogen-bond acceptors (Lipinski definition) is 5. The molecule has 7 heteroatoms. The maximum absolute atomic E-state index is 12.1. The molecule has 0 aliphatic carbocycles. The second-order valence-corrected chi connectivity index (χ2v) is 5.65. The summed E-state index contributed by atoms with van der Waals surface area (Å²) in [6.45, 7) is 2.44. The van der Waals surface area contributed by atoms with Crippen LogP contribution >= 0.6 is 11.8 Å². The molecular weight excluding hydrogens is 304 g/mol. The fourth-order valence-corrected chi connectivity index (χ4v) is 2.95. The van der Waals surface area contributed by atoms with Crippen molar-refractivity contribution in [2.75, 3.05) is 19.8 Å². The summed E-state index contributed by atoms with van der Waals surface area (Å²) in [4.78, 5) is 27.1. The van der Waals surface area contributed by atoms with Crippen LogP contribution in [-0.4, -0.2) is 34.5 Å². The highest BCUT2D eigenvalue weighted by Crippen LogP contribution is 2.27. The Bertz CT molecular complexity index is 725. The van der Waals surface area contributed by atoms with Crippen molar-refractivity contribution in [1.82, 2.24) is 9.55 Å². The first-order chi connectivity index (χ1) is 10.6. The Balaban J connectivity index is 2.32. The van der Waals surface area contributed by atoms with Gasteiger partial charge in [-0.1, -0.05) is 30.0 Å². The highest BCUT2D eigenvalue weighted by molar-refractivity contribution is 7.99. The summed E-state index contributed by atoms with van der Waals surface area (Å²) in [7, 11) is 0. The summed E-state index contributed by atoms with van der Waals surface area (Å²) >= 11 is 1.37. The Kier molecular flexibility index (Phi) is 6.00. The van der Waals surface area contributed by atoms with Gasteiger partial charge in [0.2, 0.25) is 0 Å². The number of rotatable bonds is 7. The molecule has 2 aromatic rings. The number of ether oxygens (including phenoxy) is 1. The smallest absolute Gasteiger partial charge is 0.329 e. The standard InChI is InChI=1S/C15H18N2O4S/c1-11-13(19)16-15(20)17(7-9-21-10-8-18)14(11)22-12-5-3-2-4-6-12/h2-6,18H,7-10H2,1H3,(H,16,19,20). The maximum atomic E-state index is 12.1. The average molecular weight is 322 g/mol. The molecule has 0 unspecified atom stereocenters. The summed E-state index contributed by atoms with van der Waals surface area (Å²) < 4.78 is 6.70. The quantitative estimate of drug-likeness (QED) is 0.587. The molecule has 0 radical (unpaired) electrons. The lowest BCUT2D eigenvalue weighted by Gasteiger charge is -2.14. The van der Waals surface area contributed by atoms with Crippen molar-refractivity contribution in [2.45, 2.75) is 23.4 Å². The van der Waals surface area contributed by atoms with E-state index in [-0.39, 0.29) is 25.4 Å². The molecule has 22 heavy (non-hydrogen) atoms. The topological polar surface area (TPSA) is 84.3 Å². The van der Waals surface area contributed by atoms with E-state index in [1.165, 1.54) is 16.3 Å². The number of aromatic amines is 1. The van der Waals surface area contributed by atoms with Gasteiger partial charge < -0.3 is 9.84 Å². The number of H-pyrrole nitrogens is 1. The minimum absolute atomic E-state index is 0.0643. The Morgan fingerprint density at radius 3 is 2.64 bits per heavy atom. The van der Waals surface area contributed by atoms with Crippen LogP contribution in [0.15, 0.2) is 49.8 Å². The second kappa shape index (κ2) is 7.98. The molecule has 0 spiro atoms. The molecule has 6 nitrogen and oxygen atoms in total. The fraction of sp³-hybridized carbons (Fsp3) is 0.333. The van der Waals surface area contributed by atoms with E-state index in [4.69, 9.17) is 9.84 Å². The number of aromatic nitrogens is 2. The van der Waals surface area contributed by atoms with Gasteiger partial charge in [-0.3, -0.25) is 14.3 Å². The lowest BCUT2D eigenvalue weighted by atomic mass is 10.4. The number of aliphatic hydroxyl groups excluding tert-OH is 1. The van der Waals surface area contributed by atoms with Gasteiger partial charge in [0, 0.05) is 10.5 Å². The Morgan fingerprint density at radius 2 is 1.95 bits per heavy atom. The van der Waals surface area contributed by atoms with Crippen LogP contribution in [0.3, 0.4) is 0 Å². The van der Waals surface area contributed by atoms with Crippen molar-refractivity contribution in [3.8, 4) is 0 Å². The molecule has 1 heterocycles. The summed E-state index contributed by atoms with van der Waals surface area (Å²) in [6, 6.07) is 9.55. The molecule has 1 aromatic carbocycles. The molecule has 0 aliphatic rings. The van der Waals surface area contributed by atoms with Crippen LogP contribution in [0.4, 0.5) is 0 Å². The van der Waals surface area contributed by atoms with Crippen molar-refractivity contribution < 1.29 is 9.84 Å². The highest BCUT2D eigenvalue weighted by Gasteiger charge is 2.13. The lowest BCUT2D eigenvalue weighted by Crippen LogP contribution is -2.34. The molecule has 118 valence electrons. The molecule has 0 bridgehead atoms. The van der Waals surface area contributed by atoms with E-state index in [9.17, 15) is 9.59 Å². The third-order valence-corrected chi connectivity index (χ3v) is 4.25. The van der Waals surface area contributed by atoms with Crippen molar-refractivity contribution in [2.24, 2.45) is 0 Å². The van der Waals surface area contributed by atoms with Gasteiger partial charge in [0.15, 0.2) is 0 Å². The van der Waals surface area contributed by atoms with E-state index in [2.05, 4.69) is 4.98 Å². The van der Waals surface area contributed by atoms with E-state index in [1.54, 1.807) is 6.92 Å². The lowest BCUT2D eigenvalue weighted by molar-refractivity contribution is 0.0851. The minimum atomic E-state index is -0.457. The van der Waals surface area contributed by atoms with Gasteiger partial charge in [-0.05, 0) is 19.1 Å². The summed E-state index contributed by atoms with van der Waals surface area (Å²) in [6.07, 6.45) is 0. The Labute approximate surface area is 131 Å². The van der Waals surface area contributed by atoms with Gasteiger partial charge in [-0.15, -0.1) is 0 Å². The zero-order valence-corrected chi connectivity index (χ0v) is 13.1. The second-order valence-electron chi connectivity index (χ2n) is 4.59. The van der Waals surface area contributed by atoms with E-state index < -0.39 is 5.69 Å². The first-order valence-electron chi connectivity index (χ1n) is 6.88. The number of nitrogens with zero attached hydrogens (tertiary/aromatic N) is 1. The van der Waals surface area contributed by atoms with Crippen molar-refractivity contribution in [1.29, 1.82) is 0 Å². The Hall–Kier alpha value is -1.83. The van der Waals surface area contributed by atoms with Crippen LogP contribution < -0.4 is 11.2 Å². The number of benzene rings is 1. The van der Waals surface area contributed by atoms with Crippen LogP contribution in [0.25, 0.3) is 0 Å². The van der Waals surface area contributed by atoms with Gasteiger partial charge >= 0.3 is 5.69 Å². The molecule has 0 saturated carbocycles. The van der Waals surface area contributed by atoms with Gasteiger partial charge in [0.25, 0.3) is 5.56 Å². The molecule has 0 atom stereocenters. The number of nitrogens with one attached hydrogen (secondary N) is 1. The molecular formula is C15H18N2O4S. The van der Waals surface area contributed by atoms with Gasteiger partial charge in [0.1, 0.15) is 0 Å². The predicted octanol–water partition coefficient (Wildman–Crippen LogP) is 1.01. The first kappa shape index (κ1) is 16.5. The molecule has 0 amide bonds. The molecule has 2 N–H and O–H groups in total. The third kappa shape index (κ3) is 4.09. The van der Waals surface area contributed by atoms with Crippen LogP contribution in [-0.2, 0) is 11.3 Å². The van der Waals surface area contributed by atoms with E-state index in [0.717, 1.165) is 4.90 Å². The van der Waals surface area contributed by atoms with E-state index in [1.807, 2.05) is 30.3 Å². The third-order valence-electron chi connectivity index (χ3n) is 3.02. The van der Waals surface area contributed by atoms with Gasteiger partial charge in [-0.2, -0.15) is 0 Å². The largest absolute Gasteiger partial charge is 0.394 e. The van der Waals surface area contributed by atoms with Crippen molar-refractivity contribution in [3.63, 3.8) is 0 Å². The summed E-state index contributed by atoms with van der Waals surface area (Å²) in [5, 5.41) is 9.31. The SMILES string of the molecule is Cc1c(Sc2ccccc2)n(CCOCCO)c(=O)[nH]c1=O. The zero-order valence-electron chi connectivity index (χ0n) is 12.2. The maximum Gasteiger partial charge on any atom is 0.329 e. The van der Waals surface area contributed by atoms with Gasteiger partial charge in [-0.25, -0.2) is 4.79 Å². The van der Waals surface area contributed by atoms with E-state index >= 15 is 0 Å². The average Bonchev–Trinajstić information content (AvgIpc) is 2.52. The molecule has 0 aliphatic heterocycles. The molecule has 2 rings (SSSR count). The molecule has 0 fully saturated rings. The van der Waals surface area contributed by atoms with Crippen LogP contribution in [0.2, 0.25) is 0 Å². The van der Waals surface area contributed by atoms with Crippen molar-refractivity contribution in [3.05, 3.63) is 56.7 Å². The molecule has 0 saturated heterocycles. The highest BCUT2D eigenvalue weighted by atomic mass is 32.2. The monoisotopic (exact) mass is 322 g/mol. The van der Waals surface area contributed by atoms with Crippen LogP contribution in [0.5, 0.6) is 0 Å². The number of hydrogen-bond donors (Lipinski definition) is 2. The molecule has 1 aromatic heterocycles. The Morgan fingerprint density at radius 1 is 1.23 bits per heavy atom. The number of aliphatic hydroxyl groups is 1. The van der Waals surface area contributed by atoms with Crippen molar-refractivity contribution >= 4 is 11.8 Å².